The number of aliphatic hydroxyl groups is 2. The number of carbonyl (C=O) groups excluding carboxylic acids is 2. The van der Waals surface area contributed by atoms with Crippen LogP contribution in [0.25, 0.3) is 0 Å². The van der Waals surface area contributed by atoms with E-state index in [1.54, 1.807) is 13.1 Å². The topological polar surface area (TPSA) is 111 Å². The fourth-order valence-electron chi connectivity index (χ4n) is 5.70. The zero-order valence-corrected chi connectivity index (χ0v) is 26.2. The first-order valence-electron chi connectivity index (χ1n) is 14.0. The van der Waals surface area contributed by atoms with Gasteiger partial charge in [0.1, 0.15) is 17.9 Å². The molecule has 1 aliphatic rings. The normalized spacial score (nSPS) is 23.0. The highest BCUT2D eigenvalue weighted by Crippen LogP contribution is 2.49. The largest absolute Gasteiger partial charge is 0.396 e. The van der Waals surface area contributed by atoms with Crippen molar-refractivity contribution in [3.63, 3.8) is 0 Å². The summed E-state index contributed by atoms with van der Waals surface area (Å²) in [5, 5.41) is 27.8. The molecule has 1 saturated heterocycles. The van der Waals surface area contributed by atoms with Gasteiger partial charge in [-0.05, 0) is 60.8 Å². The summed E-state index contributed by atoms with van der Waals surface area (Å²) in [7, 11) is 1.64. The Balaban J connectivity index is 2.70. The summed E-state index contributed by atoms with van der Waals surface area (Å²) in [5.41, 5.74) is -0.850. The fraction of sp³-hybridized carbons (Fsp3) is 0.548. The van der Waals surface area contributed by atoms with Crippen LogP contribution in [0.2, 0.25) is 5.02 Å². The molecule has 7 nitrogen and oxygen atoms in total. The van der Waals surface area contributed by atoms with Crippen LogP contribution in [-0.2, 0) is 15.0 Å². The zero-order chi connectivity index (χ0) is 31.7. The standard InChI is InChI=1S/C31H43Cl2F2N3O4/c1-19(34)23(32)9-7-6-8-21-28(29(42)37-17-20(10-12-39)11-13-40)38-27(16-30(2,3)4)31(21,18-41)22-14-25(35)24(33)15-26(22)36-5/h6-7,9,14-15,18,20-21,27-28,36,38-40H,1,8,10-13,16-17H2,2-5H3,(H,37,42)/b7-6-,23-9+/t21-,27+,28+,31?/m0/s1. The van der Waals surface area contributed by atoms with Crippen molar-refractivity contribution >= 4 is 41.1 Å². The number of hydrogen-bond donors (Lipinski definition) is 5. The van der Waals surface area contributed by atoms with E-state index < -0.39 is 35.1 Å². The number of rotatable bonds is 15. The number of aliphatic hydroxyl groups excluding tert-OH is 2. The van der Waals surface area contributed by atoms with Crippen molar-refractivity contribution in [2.45, 2.75) is 64.0 Å². The van der Waals surface area contributed by atoms with Crippen LogP contribution >= 0.6 is 23.2 Å². The van der Waals surface area contributed by atoms with Gasteiger partial charge in [0.25, 0.3) is 0 Å². The molecule has 234 valence electrons. The van der Waals surface area contributed by atoms with Crippen LogP contribution < -0.4 is 16.0 Å². The van der Waals surface area contributed by atoms with E-state index in [1.165, 1.54) is 24.3 Å². The molecule has 0 radical (unpaired) electrons. The summed E-state index contributed by atoms with van der Waals surface area (Å²) < 4.78 is 28.4. The van der Waals surface area contributed by atoms with Gasteiger partial charge in [0.05, 0.1) is 21.5 Å². The maximum absolute atomic E-state index is 15.0. The van der Waals surface area contributed by atoms with Gasteiger partial charge in [-0.1, -0.05) is 62.7 Å². The molecule has 4 atom stereocenters. The number of hydrogen-bond acceptors (Lipinski definition) is 6. The first-order chi connectivity index (χ1) is 19.7. The SMILES string of the molecule is C=C(F)/C(Cl)=C\C=C/C[C@H]1[C@H](C(=O)NCC(CCO)CCO)N[C@H](CC(C)(C)C)C1(C=O)c1cc(F)c(Cl)cc1NC. The molecule has 0 aromatic heterocycles. The van der Waals surface area contributed by atoms with Crippen LogP contribution in [0.1, 0.15) is 52.0 Å². The number of carbonyl (C=O) groups is 2. The summed E-state index contributed by atoms with van der Waals surface area (Å²) >= 11 is 12.0. The van der Waals surface area contributed by atoms with Gasteiger partial charge in [-0.3, -0.25) is 4.79 Å². The van der Waals surface area contributed by atoms with Crippen LogP contribution in [0.15, 0.2) is 47.8 Å². The Kier molecular flexibility index (Phi) is 13.6. The van der Waals surface area contributed by atoms with Crippen molar-refractivity contribution in [3.8, 4) is 0 Å². The number of anilines is 1. The van der Waals surface area contributed by atoms with Gasteiger partial charge in [-0.15, -0.1) is 0 Å². The summed E-state index contributed by atoms with van der Waals surface area (Å²) in [4.78, 5) is 27.2. The Morgan fingerprint density at radius 1 is 1.26 bits per heavy atom. The van der Waals surface area contributed by atoms with Crippen LogP contribution in [0.4, 0.5) is 14.5 Å². The molecule has 1 aromatic rings. The van der Waals surface area contributed by atoms with Crippen molar-refractivity contribution in [2.24, 2.45) is 17.3 Å². The number of amides is 1. The second-order valence-corrected chi connectivity index (χ2v) is 12.7. The van der Waals surface area contributed by atoms with Gasteiger partial charge < -0.3 is 31.0 Å². The summed E-state index contributed by atoms with van der Waals surface area (Å²) in [5.74, 6) is -2.73. The molecule has 1 aromatic carbocycles. The predicted molar refractivity (Wildman–Crippen MR) is 165 cm³/mol. The van der Waals surface area contributed by atoms with Gasteiger partial charge in [0.2, 0.25) is 5.91 Å². The Labute approximate surface area is 257 Å². The monoisotopic (exact) mass is 629 g/mol. The quantitative estimate of drug-likeness (QED) is 0.131. The van der Waals surface area contributed by atoms with E-state index in [9.17, 15) is 24.2 Å². The summed E-state index contributed by atoms with van der Waals surface area (Å²) in [6.45, 7) is 9.24. The highest BCUT2D eigenvalue weighted by Gasteiger charge is 2.58. The van der Waals surface area contributed by atoms with Gasteiger partial charge >= 0.3 is 0 Å². The minimum atomic E-state index is -1.38. The molecule has 0 spiro atoms. The second kappa shape index (κ2) is 16.0. The summed E-state index contributed by atoms with van der Waals surface area (Å²) in [6, 6.07) is 1.22. The number of aldehydes is 1. The third kappa shape index (κ3) is 8.86. The van der Waals surface area contributed by atoms with E-state index in [1.807, 2.05) is 20.8 Å². The lowest BCUT2D eigenvalue weighted by atomic mass is 9.63. The number of nitrogens with one attached hydrogen (secondary N) is 3. The Hall–Kier alpha value is -2.30. The first kappa shape index (κ1) is 35.9. The maximum atomic E-state index is 15.0. The Morgan fingerprint density at radius 2 is 1.90 bits per heavy atom. The molecule has 5 N–H and O–H groups in total. The molecule has 1 aliphatic heterocycles. The minimum absolute atomic E-state index is 0.0894. The average Bonchev–Trinajstić information content (AvgIpc) is 3.22. The number of allylic oxidation sites excluding steroid dienone is 5. The lowest BCUT2D eigenvalue weighted by molar-refractivity contribution is -0.124. The molecule has 2 rings (SSSR count). The molecule has 1 unspecified atom stereocenters. The molecular formula is C31H43Cl2F2N3O4. The third-order valence-electron chi connectivity index (χ3n) is 7.73. The van der Waals surface area contributed by atoms with E-state index in [2.05, 4.69) is 22.5 Å². The predicted octanol–water partition coefficient (Wildman–Crippen LogP) is 5.40. The molecule has 0 bridgehead atoms. The van der Waals surface area contributed by atoms with Crippen molar-refractivity contribution in [1.29, 1.82) is 0 Å². The van der Waals surface area contributed by atoms with Crippen molar-refractivity contribution in [2.75, 3.05) is 32.1 Å². The van der Waals surface area contributed by atoms with Crippen molar-refractivity contribution in [1.82, 2.24) is 10.6 Å². The first-order valence-corrected chi connectivity index (χ1v) is 14.8. The van der Waals surface area contributed by atoms with Crippen LogP contribution in [0.5, 0.6) is 0 Å². The van der Waals surface area contributed by atoms with Crippen LogP contribution in [0.3, 0.4) is 0 Å². The van der Waals surface area contributed by atoms with Gasteiger partial charge in [-0.25, -0.2) is 8.78 Å². The average molecular weight is 631 g/mol. The van der Waals surface area contributed by atoms with Crippen LogP contribution in [-0.4, -0.2) is 61.3 Å². The Bertz CT molecular complexity index is 1170. The van der Waals surface area contributed by atoms with E-state index >= 15 is 4.39 Å². The molecule has 1 amide bonds. The minimum Gasteiger partial charge on any atom is -0.396 e. The van der Waals surface area contributed by atoms with E-state index in [4.69, 9.17) is 23.2 Å². The van der Waals surface area contributed by atoms with E-state index in [0.29, 0.717) is 30.5 Å². The van der Waals surface area contributed by atoms with Gasteiger partial charge in [-0.2, -0.15) is 0 Å². The summed E-state index contributed by atoms with van der Waals surface area (Å²) in [6.07, 6.45) is 6.76. The number of benzene rings is 1. The smallest absolute Gasteiger partial charge is 0.237 e. The zero-order valence-electron chi connectivity index (χ0n) is 24.7. The molecule has 1 fully saturated rings. The molecule has 0 saturated carbocycles. The van der Waals surface area contributed by atoms with Crippen molar-refractivity contribution in [3.05, 3.63) is 64.2 Å². The molecule has 1 heterocycles. The molecule has 11 heteroatoms. The van der Waals surface area contributed by atoms with Crippen molar-refractivity contribution < 1.29 is 28.6 Å². The third-order valence-corrected chi connectivity index (χ3v) is 8.35. The number of halogens is 4. The highest BCUT2D eigenvalue weighted by atomic mass is 35.5. The van der Waals surface area contributed by atoms with Gasteiger partial charge in [0, 0.05) is 44.5 Å². The molecule has 0 aliphatic carbocycles. The molecule has 42 heavy (non-hydrogen) atoms. The fourth-order valence-corrected chi connectivity index (χ4v) is 5.94. The highest BCUT2D eigenvalue weighted by molar-refractivity contribution is 6.31. The lowest BCUT2D eigenvalue weighted by Gasteiger charge is -2.39. The second-order valence-electron chi connectivity index (χ2n) is 11.9. The van der Waals surface area contributed by atoms with Crippen LogP contribution in [0, 0.1) is 23.1 Å². The van der Waals surface area contributed by atoms with Gasteiger partial charge in [0.15, 0.2) is 0 Å². The Morgan fingerprint density at radius 3 is 2.43 bits per heavy atom. The van der Waals surface area contributed by atoms with E-state index in [0.717, 1.165) is 6.29 Å². The lowest BCUT2D eigenvalue weighted by Crippen LogP contribution is -2.47. The molecular weight excluding hydrogens is 587 g/mol. The maximum Gasteiger partial charge on any atom is 0.237 e. The van der Waals surface area contributed by atoms with E-state index in [-0.39, 0.29) is 53.5 Å².